The van der Waals surface area contributed by atoms with Crippen LogP contribution in [0.25, 0.3) is 31.3 Å². The summed E-state index contributed by atoms with van der Waals surface area (Å²) in [6.07, 6.45) is 0. The van der Waals surface area contributed by atoms with Crippen molar-refractivity contribution >= 4 is 76.7 Å². The molecular weight excluding hydrogens is 439 g/mol. The van der Waals surface area contributed by atoms with E-state index in [1.165, 1.54) is 58.1 Å². The van der Waals surface area contributed by atoms with Gasteiger partial charge in [0.2, 0.25) is 0 Å². The summed E-state index contributed by atoms with van der Waals surface area (Å²) in [5, 5.41) is 4.02. The third-order valence-corrected chi connectivity index (χ3v) is 9.19. The molecule has 4 aromatic carbocycles. The van der Waals surface area contributed by atoms with Crippen molar-refractivity contribution in [2.24, 2.45) is 0 Å². The van der Waals surface area contributed by atoms with Gasteiger partial charge in [0.25, 0.3) is 0 Å². The first-order chi connectivity index (χ1) is 16.4. The smallest absolute Gasteiger partial charge is 0.358 e. The van der Waals surface area contributed by atoms with Gasteiger partial charge in [0.05, 0.1) is 5.69 Å². The molecule has 4 heterocycles. The average Bonchev–Trinajstić information content (AvgIpc) is 3.53. The van der Waals surface area contributed by atoms with Crippen molar-refractivity contribution < 1.29 is 0 Å². The zero-order valence-corrected chi connectivity index (χ0v) is 19.2. The van der Waals surface area contributed by atoms with Crippen LogP contribution in [-0.2, 0) is 0 Å². The van der Waals surface area contributed by atoms with Crippen LogP contribution in [-0.4, -0.2) is 6.98 Å². The lowest BCUT2D eigenvalue weighted by atomic mass is 9.64. The summed E-state index contributed by atoms with van der Waals surface area (Å²) in [5.74, 6) is 0. The van der Waals surface area contributed by atoms with E-state index in [1.807, 2.05) is 22.7 Å². The lowest BCUT2D eigenvalue weighted by molar-refractivity contribution is 1.40. The number of nitrogens with zero attached hydrogens (tertiary/aromatic N) is 2. The normalized spacial score (nSPS) is 13.9. The van der Waals surface area contributed by atoms with Gasteiger partial charge in [0.15, 0.2) is 0 Å². The minimum atomic E-state index is 0.112. The number of benzene rings is 4. The molecule has 0 atom stereocenters. The molecule has 0 unspecified atom stereocenters. The summed E-state index contributed by atoms with van der Waals surface area (Å²) >= 11 is 3.84. The maximum atomic E-state index is 2.58. The molecule has 0 bridgehead atoms. The number of fused-ring (bicyclic) bond motifs is 12. The molecule has 0 aliphatic carbocycles. The highest BCUT2D eigenvalue weighted by molar-refractivity contribution is 7.32. The van der Waals surface area contributed by atoms with E-state index in [-0.39, 0.29) is 6.98 Å². The van der Waals surface area contributed by atoms with Gasteiger partial charge in [-0.05, 0) is 35.7 Å². The van der Waals surface area contributed by atoms with Crippen molar-refractivity contribution in [2.45, 2.75) is 0 Å². The van der Waals surface area contributed by atoms with Crippen LogP contribution in [0.15, 0.2) is 103 Å². The Morgan fingerprint density at radius 3 is 2.09 bits per heavy atom. The SMILES string of the molecule is c1ccc(N2B3c4sc5ccccc5c4-c4ccccc4N3c3sc4ccccc4c32)cc1. The molecule has 154 valence electrons. The van der Waals surface area contributed by atoms with E-state index in [0.29, 0.717) is 0 Å². The number of hydrogen-bond donors (Lipinski definition) is 0. The number of hydrogen-bond acceptors (Lipinski definition) is 4. The molecule has 0 amide bonds. The zero-order chi connectivity index (χ0) is 21.5. The minimum absolute atomic E-state index is 0.112. The lowest BCUT2D eigenvalue weighted by Gasteiger charge is -2.35. The summed E-state index contributed by atoms with van der Waals surface area (Å²) in [5.41, 5.74) is 6.58. The average molecular weight is 456 g/mol. The molecule has 0 N–H and O–H groups in total. The van der Waals surface area contributed by atoms with Gasteiger partial charge < -0.3 is 9.62 Å². The second-order valence-electron chi connectivity index (χ2n) is 8.56. The molecule has 0 saturated carbocycles. The lowest BCUT2D eigenvalue weighted by Crippen LogP contribution is -2.54. The van der Waals surface area contributed by atoms with E-state index in [9.17, 15) is 0 Å². The van der Waals surface area contributed by atoms with Crippen LogP contribution in [0.4, 0.5) is 22.1 Å². The summed E-state index contributed by atoms with van der Waals surface area (Å²) in [6.45, 7) is 0.112. The predicted octanol–water partition coefficient (Wildman–Crippen LogP) is 7.78. The summed E-state index contributed by atoms with van der Waals surface area (Å²) in [7, 11) is 0. The molecule has 0 fully saturated rings. The fraction of sp³-hybridized carbons (Fsp3) is 0. The third kappa shape index (κ3) is 2.28. The Hall–Kier alpha value is -3.54. The first-order valence-corrected chi connectivity index (χ1v) is 12.8. The molecule has 2 aliphatic rings. The Bertz CT molecular complexity index is 1700. The molecular formula is C28H17BN2S2. The molecule has 0 spiro atoms. The van der Waals surface area contributed by atoms with E-state index in [1.54, 1.807) is 0 Å². The maximum absolute atomic E-state index is 2.58. The Kier molecular flexibility index (Phi) is 3.54. The van der Waals surface area contributed by atoms with Gasteiger partial charge in [-0.25, -0.2) is 0 Å². The largest absolute Gasteiger partial charge is 0.432 e. The van der Waals surface area contributed by atoms with Crippen molar-refractivity contribution in [3.8, 4) is 11.1 Å². The molecule has 0 radical (unpaired) electrons. The summed E-state index contributed by atoms with van der Waals surface area (Å²) < 4.78 is 4.11. The van der Waals surface area contributed by atoms with Crippen LogP contribution in [0.3, 0.4) is 0 Å². The Morgan fingerprint density at radius 2 is 1.24 bits per heavy atom. The van der Waals surface area contributed by atoms with E-state index in [2.05, 4.69) is 113 Å². The van der Waals surface area contributed by atoms with Gasteiger partial charge in [-0.1, -0.05) is 72.8 Å². The quantitative estimate of drug-likeness (QED) is 0.233. The van der Waals surface area contributed by atoms with Crippen molar-refractivity contribution in [3.05, 3.63) is 103 Å². The molecule has 2 nitrogen and oxygen atoms in total. The standard InChI is InChI=1S/C28H17BN2S2/c1-2-10-18(11-3-1)30-26-21-14-6-9-17-24(21)33-28(26)31-22-15-7-4-12-19(22)25-20-13-5-8-16-23(20)32-27(25)29(30)31/h1-17H. The van der Waals surface area contributed by atoms with Crippen LogP contribution < -0.4 is 14.4 Å². The van der Waals surface area contributed by atoms with E-state index >= 15 is 0 Å². The summed E-state index contributed by atoms with van der Waals surface area (Å²) in [4.78, 5) is 5.15. The van der Waals surface area contributed by atoms with Gasteiger partial charge in [0.1, 0.15) is 5.00 Å². The minimum Gasteiger partial charge on any atom is -0.358 e. The third-order valence-electron chi connectivity index (χ3n) is 6.82. The van der Waals surface area contributed by atoms with Gasteiger partial charge in [-0.2, -0.15) is 0 Å². The second kappa shape index (κ2) is 6.50. The van der Waals surface area contributed by atoms with Crippen molar-refractivity contribution in [1.82, 2.24) is 0 Å². The van der Waals surface area contributed by atoms with Crippen LogP contribution >= 0.6 is 22.7 Å². The second-order valence-corrected chi connectivity index (χ2v) is 10.7. The Balaban J connectivity index is 1.52. The Morgan fingerprint density at radius 1 is 0.576 bits per heavy atom. The molecule has 2 aromatic heterocycles. The first kappa shape index (κ1) is 18.0. The first-order valence-electron chi connectivity index (χ1n) is 11.2. The van der Waals surface area contributed by atoms with Crippen LogP contribution in [0.5, 0.6) is 0 Å². The highest BCUT2D eigenvalue weighted by Crippen LogP contribution is 2.58. The highest BCUT2D eigenvalue weighted by atomic mass is 32.1. The van der Waals surface area contributed by atoms with Crippen LogP contribution in [0, 0.1) is 0 Å². The summed E-state index contributed by atoms with van der Waals surface area (Å²) in [6, 6.07) is 37.5. The predicted molar refractivity (Wildman–Crippen MR) is 145 cm³/mol. The fourth-order valence-electron chi connectivity index (χ4n) is 5.52. The topological polar surface area (TPSA) is 6.48 Å². The molecule has 0 saturated heterocycles. The molecule has 8 rings (SSSR count). The van der Waals surface area contributed by atoms with Crippen molar-refractivity contribution in [3.63, 3.8) is 0 Å². The fourth-order valence-corrected chi connectivity index (χ4v) is 8.05. The van der Waals surface area contributed by atoms with Gasteiger partial charge in [-0.3, -0.25) is 0 Å². The number of para-hydroxylation sites is 2. The number of thiophene rings is 2. The van der Waals surface area contributed by atoms with Crippen LogP contribution in [0.2, 0.25) is 0 Å². The monoisotopic (exact) mass is 456 g/mol. The molecule has 6 aromatic rings. The van der Waals surface area contributed by atoms with Crippen molar-refractivity contribution in [1.29, 1.82) is 0 Å². The van der Waals surface area contributed by atoms with Crippen LogP contribution in [0.1, 0.15) is 0 Å². The maximum Gasteiger partial charge on any atom is 0.432 e. The van der Waals surface area contributed by atoms with E-state index in [4.69, 9.17) is 0 Å². The molecule has 5 heteroatoms. The zero-order valence-electron chi connectivity index (χ0n) is 17.6. The highest BCUT2D eigenvalue weighted by Gasteiger charge is 2.51. The number of anilines is 4. The number of rotatable bonds is 1. The van der Waals surface area contributed by atoms with Gasteiger partial charge in [-0.15, -0.1) is 22.7 Å². The van der Waals surface area contributed by atoms with E-state index in [0.717, 1.165) is 0 Å². The van der Waals surface area contributed by atoms with E-state index < -0.39 is 0 Å². The molecule has 2 aliphatic heterocycles. The van der Waals surface area contributed by atoms with Crippen molar-refractivity contribution in [2.75, 3.05) is 9.62 Å². The van der Waals surface area contributed by atoms with Gasteiger partial charge in [0, 0.05) is 42.1 Å². The van der Waals surface area contributed by atoms with Gasteiger partial charge >= 0.3 is 6.98 Å². The Labute approximate surface area is 200 Å². The molecule has 33 heavy (non-hydrogen) atoms.